The van der Waals surface area contributed by atoms with Gasteiger partial charge in [-0.15, -0.1) is 0 Å². The highest BCUT2D eigenvalue weighted by Crippen LogP contribution is 2.23. The average Bonchev–Trinajstić information content (AvgIpc) is 2.89. The normalized spacial score (nSPS) is 23.6. The standard InChI is InChI=1S/C15H21NO/c1-3-12(6-7-14-5-2-10-17-14)15-8-9-16-11-13(15)4-1/h1,3-4,14,16H,2,5-11H2. The minimum absolute atomic E-state index is 0.521. The van der Waals surface area contributed by atoms with Crippen LogP contribution in [0.15, 0.2) is 18.2 Å². The summed E-state index contributed by atoms with van der Waals surface area (Å²) in [7, 11) is 0. The molecule has 0 radical (unpaired) electrons. The highest BCUT2D eigenvalue weighted by molar-refractivity contribution is 5.37. The molecule has 1 unspecified atom stereocenters. The van der Waals surface area contributed by atoms with Crippen molar-refractivity contribution in [2.45, 2.75) is 44.8 Å². The zero-order valence-electron chi connectivity index (χ0n) is 10.4. The number of rotatable bonds is 3. The van der Waals surface area contributed by atoms with Gasteiger partial charge in [-0.1, -0.05) is 18.2 Å². The predicted octanol–water partition coefficient (Wildman–Crippen LogP) is 2.44. The monoisotopic (exact) mass is 231 g/mol. The zero-order chi connectivity index (χ0) is 11.5. The third-order valence-corrected chi connectivity index (χ3v) is 4.00. The fraction of sp³-hybridized carbons (Fsp3) is 0.600. The van der Waals surface area contributed by atoms with Gasteiger partial charge in [0, 0.05) is 13.2 Å². The van der Waals surface area contributed by atoms with Crippen LogP contribution in [-0.2, 0) is 24.1 Å². The Balaban J connectivity index is 1.69. The molecule has 0 saturated carbocycles. The van der Waals surface area contributed by atoms with Gasteiger partial charge in [-0.3, -0.25) is 0 Å². The van der Waals surface area contributed by atoms with Crippen molar-refractivity contribution in [1.29, 1.82) is 0 Å². The lowest BCUT2D eigenvalue weighted by Gasteiger charge is -2.21. The van der Waals surface area contributed by atoms with Crippen LogP contribution in [0.3, 0.4) is 0 Å². The van der Waals surface area contributed by atoms with Crippen LogP contribution in [-0.4, -0.2) is 19.3 Å². The van der Waals surface area contributed by atoms with E-state index in [1.807, 2.05) is 0 Å². The summed E-state index contributed by atoms with van der Waals surface area (Å²) < 4.78 is 5.71. The van der Waals surface area contributed by atoms with E-state index >= 15 is 0 Å². The summed E-state index contributed by atoms with van der Waals surface area (Å²) in [6, 6.07) is 6.77. The quantitative estimate of drug-likeness (QED) is 0.862. The Morgan fingerprint density at radius 2 is 2.35 bits per heavy atom. The van der Waals surface area contributed by atoms with Gasteiger partial charge < -0.3 is 10.1 Å². The molecule has 2 heteroatoms. The van der Waals surface area contributed by atoms with E-state index in [4.69, 9.17) is 4.74 Å². The summed E-state index contributed by atoms with van der Waals surface area (Å²) in [6.45, 7) is 3.15. The van der Waals surface area contributed by atoms with Crippen molar-refractivity contribution in [3.8, 4) is 0 Å². The summed E-state index contributed by atoms with van der Waals surface area (Å²) in [5.74, 6) is 0. The van der Waals surface area contributed by atoms with Gasteiger partial charge in [-0.25, -0.2) is 0 Å². The number of hydrogen-bond acceptors (Lipinski definition) is 2. The molecule has 1 aromatic rings. The topological polar surface area (TPSA) is 21.3 Å². The Morgan fingerprint density at radius 1 is 1.35 bits per heavy atom. The van der Waals surface area contributed by atoms with Crippen LogP contribution < -0.4 is 5.32 Å². The van der Waals surface area contributed by atoms with Crippen LogP contribution in [0.5, 0.6) is 0 Å². The second kappa shape index (κ2) is 5.19. The Kier molecular flexibility index (Phi) is 3.44. The largest absolute Gasteiger partial charge is 0.378 e. The van der Waals surface area contributed by atoms with Crippen molar-refractivity contribution in [1.82, 2.24) is 5.32 Å². The summed E-state index contributed by atoms with van der Waals surface area (Å²) in [5.41, 5.74) is 4.66. The maximum Gasteiger partial charge on any atom is 0.0579 e. The number of benzene rings is 1. The fourth-order valence-corrected chi connectivity index (χ4v) is 3.03. The third-order valence-electron chi connectivity index (χ3n) is 4.00. The van der Waals surface area contributed by atoms with Crippen LogP contribution in [0.4, 0.5) is 0 Å². The van der Waals surface area contributed by atoms with E-state index in [1.165, 1.54) is 37.7 Å². The van der Waals surface area contributed by atoms with Crippen LogP contribution in [0.25, 0.3) is 0 Å². The van der Waals surface area contributed by atoms with Crippen molar-refractivity contribution >= 4 is 0 Å². The molecule has 1 N–H and O–H groups in total. The van der Waals surface area contributed by atoms with Gasteiger partial charge in [0.15, 0.2) is 0 Å². The van der Waals surface area contributed by atoms with E-state index in [-0.39, 0.29) is 0 Å². The van der Waals surface area contributed by atoms with E-state index < -0.39 is 0 Å². The van der Waals surface area contributed by atoms with Crippen LogP contribution in [0.2, 0.25) is 0 Å². The smallest absolute Gasteiger partial charge is 0.0579 e. The summed E-state index contributed by atoms with van der Waals surface area (Å²) in [6.07, 6.45) is 6.61. The lowest BCUT2D eigenvalue weighted by atomic mass is 9.92. The van der Waals surface area contributed by atoms with E-state index in [0.717, 1.165) is 19.7 Å². The maximum absolute atomic E-state index is 5.71. The van der Waals surface area contributed by atoms with Crippen LogP contribution in [0, 0.1) is 0 Å². The molecule has 2 aliphatic rings. The van der Waals surface area contributed by atoms with Crippen molar-refractivity contribution < 1.29 is 4.74 Å². The van der Waals surface area contributed by atoms with Gasteiger partial charge >= 0.3 is 0 Å². The molecular weight excluding hydrogens is 210 g/mol. The summed E-state index contributed by atoms with van der Waals surface area (Å²) >= 11 is 0. The molecule has 3 rings (SSSR count). The van der Waals surface area contributed by atoms with E-state index in [0.29, 0.717) is 6.10 Å². The van der Waals surface area contributed by atoms with Crippen LogP contribution in [0.1, 0.15) is 36.0 Å². The third kappa shape index (κ3) is 2.53. The molecule has 0 spiro atoms. The second-order valence-corrected chi connectivity index (χ2v) is 5.16. The average molecular weight is 231 g/mol. The van der Waals surface area contributed by atoms with E-state index in [9.17, 15) is 0 Å². The number of nitrogens with one attached hydrogen (secondary N) is 1. The van der Waals surface area contributed by atoms with Gasteiger partial charge in [0.1, 0.15) is 0 Å². The molecule has 0 aromatic heterocycles. The van der Waals surface area contributed by atoms with E-state index in [1.54, 1.807) is 11.1 Å². The Labute approximate surface area is 103 Å². The number of hydrogen-bond donors (Lipinski definition) is 1. The molecule has 0 aliphatic carbocycles. The number of fused-ring (bicyclic) bond motifs is 1. The molecule has 2 aliphatic heterocycles. The maximum atomic E-state index is 5.71. The first-order valence-electron chi connectivity index (χ1n) is 6.85. The van der Waals surface area contributed by atoms with Crippen LogP contribution >= 0.6 is 0 Å². The fourth-order valence-electron chi connectivity index (χ4n) is 3.03. The Bertz CT molecular complexity index is 383. The molecule has 1 aromatic carbocycles. The summed E-state index contributed by atoms with van der Waals surface area (Å²) in [4.78, 5) is 0. The lowest BCUT2D eigenvalue weighted by Crippen LogP contribution is -2.24. The first-order valence-corrected chi connectivity index (χ1v) is 6.85. The molecule has 1 fully saturated rings. The number of aryl methyl sites for hydroxylation is 1. The number of ether oxygens (including phenoxy) is 1. The zero-order valence-corrected chi connectivity index (χ0v) is 10.4. The van der Waals surface area contributed by atoms with Gasteiger partial charge in [0.2, 0.25) is 0 Å². The highest BCUT2D eigenvalue weighted by Gasteiger charge is 2.17. The van der Waals surface area contributed by atoms with E-state index in [2.05, 4.69) is 23.5 Å². The van der Waals surface area contributed by atoms with Gasteiger partial charge in [0.25, 0.3) is 0 Å². The molecule has 17 heavy (non-hydrogen) atoms. The van der Waals surface area contributed by atoms with Gasteiger partial charge in [0.05, 0.1) is 6.10 Å². The minimum atomic E-state index is 0.521. The molecule has 2 heterocycles. The highest BCUT2D eigenvalue weighted by atomic mass is 16.5. The molecular formula is C15H21NO. The molecule has 1 atom stereocenters. The lowest BCUT2D eigenvalue weighted by molar-refractivity contribution is 0.104. The first kappa shape index (κ1) is 11.2. The Hall–Kier alpha value is -0.860. The van der Waals surface area contributed by atoms with Gasteiger partial charge in [-0.2, -0.15) is 0 Å². The summed E-state index contributed by atoms with van der Waals surface area (Å²) in [5, 5.41) is 3.44. The molecule has 0 amide bonds. The molecule has 2 nitrogen and oxygen atoms in total. The predicted molar refractivity (Wildman–Crippen MR) is 69.1 cm³/mol. The molecule has 1 saturated heterocycles. The Morgan fingerprint density at radius 3 is 3.24 bits per heavy atom. The molecule has 92 valence electrons. The minimum Gasteiger partial charge on any atom is -0.378 e. The van der Waals surface area contributed by atoms with Crippen molar-refractivity contribution in [2.24, 2.45) is 0 Å². The van der Waals surface area contributed by atoms with Crippen molar-refractivity contribution in [3.63, 3.8) is 0 Å². The van der Waals surface area contributed by atoms with Crippen molar-refractivity contribution in [2.75, 3.05) is 13.2 Å². The first-order chi connectivity index (χ1) is 8.43. The second-order valence-electron chi connectivity index (χ2n) is 5.16. The van der Waals surface area contributed by atoms with Gasteiger partial charge in [-0.05, 0) is 55.3 Å². The SMILES string of the molecule is c1cc(CCC2CCCO2)c2c(c1)CNCC2. The molecule has 0 bridgehead atoms. The van der Waals surface area contributed by atoms with Crippen molar-refractivity contribution in [3.05, 3.63) is 34.9 Å².